The van der Waals surface area contributed by atoms with E-state index < -0.39 is 18.1 Å². The van der Waals surface area contributed by atoms with Crippen molar-refractivity contribution < 1.29 is 19.1 Å². The molecule has 204 valence electrons. The van der Waals surface area contributed by atoms with Gasteiger partial charge in [-0.3, -0.25) is 0 Å². The van der Waals surface area contributed by atoms with Gasteiger partial charge in [0.1, 0.15) is 19.0 Å². The summed E-state index contributed by atoms with van der Waals surface area (Å²) in [5.41, 5.74) is 4.69. The van der Waals surface area contributed by atoms with Crippen LogP contribution in [-0.4, -0.2) is 26.6 Å². The average molecular weight is 537 g/mol. The number of aromatic amines is 1. The number of ether oxygens (including phenoxy) is 2. The minimum atomic E-state index is -0.575. The van der Waals surface area contributed by atoms with E-state index in [1.807, 2.05) is 72.8 Å². The summed E-state index contributed by atoms with van der Waals surface area (Å²) in [5, 5.41) is 4.06. The second kappa shape index (κ2) is 12.3. The molecule has 0 spiro atoms. The van der Waals surface area contributed by atoms with Crippen LogP contribution >= 0.6 is 0 Å². The van der Waals surface area contributed by atoms with E-state index >= 15 is 0 Å². The van der Waals surface area contributed by atoms with Crippen LogP contribution in [0.1, 0.15) is 51.7 Å². The zero-order valence-electron chi connectivity index (χ0n) is 22.6. The maximum atomic E-state index is 12.9. The Morgan fingerprint density at radius 1 is 0.900 bits per heavy atom. The zero-order chi connectivity index (χ0) is 27.9. The second-order valence-electron chi connectivity index (χ2n) is 9.58. The van der Waals surface area contributed by atoms with E-state index in [9.17, 15) is 9.59 Å². The number of benzene rings is 3. The zero-order valence-corrected chi connectivity index (χ0v) is 22.6. The van der Waals surface area contributed by atoms with Crippen LogP contribution in [0.15, 0.2) is 91.1 Å². The molecule has 8 heteroatoms. The van der Waals surface area contributed by atoms with Crippen LogP contribution in [0.2, 0.25) is 0 Å². The van der Waals surface area contributed by atoms with Crippen LogP contribution in [0.25, 0.3) is 10.9 Å². The van der Waals surface area contributed by atoms with E-state index in [0.29, 0.717) is 17.9 Å². The lowest BCUT2D eigenvalue weighted by molar-refractivity contribution is 0.0465. The Labute approximate surface area is 233 Å². The van der Waals surface area contributed by atoms with Crippen molar-refractivity contribution in [1.29, 1.82) is 0 Å². The van der Waals surface area contributed by atoms with Crippen molar-refractivity contribution in [3.05, 3.63) is 125 Å². The molecule has 0 radical (unpaired) electrons. The van der Waals surface area contributed by atoms with Gasteiger partial charge in [-0.2, -0.15) is 0 Å². The predicted molar refractivity (Wildman–Crippen MR) is 153 cm³/mol. The lowest BCUT2D eigenvalue weighted by atomic mass is 10.0. The molecule has 0 aliphatic rings. The maximum absolute atomic E-state index is 12.9. The minimum Gasteiger partial charge on any atom is -0.456 e. The first kappa shape index (κ1) is 26.7. The summed E-state index contributed by atoms with van der Waals surface area (Å²) < 4.78 is 13.2. The normalized spacial score (nSPS) is 11.8. The van der Waals surface area contributed by atoms with E-state index in [1.54, 1.807) is 6.92 Å². The van der Waals surface area contributed by atoms with Crippen LogP contribution in [0.4, 0.5) is 4.79 Å². The Morgan fingerprint density at radius 3 is 2.20 bits per heavy atom. The van der Waals surface area contributed by atoms with Crippen molar-refractivity contribution >= 4 is 23.0 Å². The maximum Gasteiger partial charge on any atom is 0.408 e. The third-order valence-corrected chi connectivity index (χ3v) is 6.78. The minimum absolute atomic E-state index is 0.142. The second-order valence-corrected chi connectivity index (χ2v) is 9.58. The van der Waals surface area contributed by atoms with Gasteiger partial charge in [0.15, 0.2) is 5.69 Å². The van der Waals surface area contributed by atoms with E-state index in [-0.39, 0.29) is 18.9 Å². The fourth-order valence-corrected chi connectivity index (χ4v) is 4.73. The van der Waals surface area contributed by atoms with E-state index in [1.165, 1.54) is 0 Å². The number of H-pyrrole nitrogens is 1. The molecule has 2 N–H and O–H groups in total. The number of hydrogen-bond donors (Lipinski definition) is 2. The molecule has 2 heterocycles. The van der Waals surface area contributed by atoms with Crippen LogP contribution in [0, 0.1) is 6.92 Å². The molecule has 1 atom stereocenters. The first-order valence-electron chi connectivity index (χ1n) is 13.3. The molecule has 0 bridgehead atoms. The summed E-state index contributed by atoms with van der Waals surface area (Å²) in [4.78, 5) is 33.6. The molecule has 0 aliphatic carbocycles. The highest BCUT2D eigenvalue weighted by atomic mass is 16.5. The number of carbonyl (C=O) groups is 2. The molecule has 0 saturated heterocycles. The van der Waals surface area contributed by atoms with Gasteiger partial charge < -0.3 is 24.3 Å². The fraction of sp³-hybridized carbons (Fsp3) is 0.219. The number of nitrogens with one attached hydrogen (secondary N) is 2. The Morgan fingerprint density at radius 2 is 1.52 bits per heavy atom. The first-order chi connectivity index (χ1) is 19.5. The van der Waals surface area contributed by atoms with Crippen molar-refractivity contribution in [2.24, 2.45) is 0 Å². The van der Waals surface area contributed by atoms with Crippen molar-refractivity contribution in [2.45, 2.75) is 46.1 Å². The van der Waals surface area contributed by atoms with Crippen LogP contribution in [0.3, 0.4) is 0 Å². The van der Waals surface area contributed by atoms with Crippen molar-refractivity contribution in [3.8, 4) is 0 Å². The number of esters is 1. The number of fused-ring (bicyclic) bond motifs is 1. The number of aromatic nitrogens is 3. The monoisotopic (exact) mass is 536 g/mol. The molecule has 0 fully saturated rings. The van der Waals surface area contributed by atoms with Gasteiger partial charge in [0.2, 0.25) is 0 Å². The summed E-state index contributed by atoms with van der Waals surface area (Å²) in [6.07, 6.45) is 1.97. The van der Waals surface area contributed by atoms with Gasteiger partial charge in [0.25, 0.3) is 0 Å². The van der Waals surface area contributed by atoms with E-state index in [0.717, 1.165) is 34.1 Å². The number of para-hydroxylation sites is 1. The molecule has 40 heavy (non-hydrogen) atoms. The van der Waals surface area contributed by atoms with E-state index in [4.69, 9.17) is 9.47 Å². The number of rotatable bonds is 10. The van der Waals surface area contributed by atoms with Gasteiger partial charge in [-0.05, 0) is 36.6 Å². The smallest absolute Gasteiger partial charge is 0.408 e. The number of aryl methyl sites for hydroxylation is 2. The topological polar surface area (TPSA) is 98.2 Å². The van der Waals surface area contributed by atoms with E-state index in [2.05, 4.69) is 45.1 Å². The van der Waals surface area contributed by atoms with Crippen LogP contribution < -0.4 is 5.32 Å². The summed E-state index contributed by atoms with van der Waals surface area (Å²) in [7, 11) is 0. The lowest BCUT2D eigenvalue weighted by Crippen LogP contribution is -2.31. The molecule has 0 aliphatic heterocycles. The quantitative estimate of drug-likeness (QED) is 0.205. The molecule has 8 nitrogen and oxygen atoms in total. The Balaban J connectivity index is 1.38. The number of alkyl carbamates (subject to hydrolysis) is 1. The molecule has 2 aromatic heterocycles. The highest BCUT2D eigenvalue weighted by Crippen LogP contribution is 2.27. The first-order valence-corrected chi connectivity index (χ1v) is 13.3. The summed E-state index contributed by atoms with van der Waals surface area (Å²) in [6.45, 7) is 4.96. The largest absolute Gasteiger partial charge is 0.456 e. The van der Waals surface area contributed by atoms with Gasteiger partial charge in [0, 0.05) is 35.8 Å². The number of nitrogens with zero attached hydrogens (tertiary/aromatic N) is 2. The van der Waals surface area contributed by atoms with Gasteiger partial charge in [-0.1, -0.05) is 78.9 Å². The van der Waals surface area contributed by atoms with Gasteiger partial charge >= 0.3 is 12.1 Å². The van der Waals surface area contributed by atoms with Gasteiger partial charge in [-0.15, -0.1) is 0 Å². The standard InChI is InChI=1S/C32H32N4O4/c1-3-36-19-25(26-16-10-11-17-28(26)36)18-27(34-32(38)40-21-24-14-8-5-9-15-24)30-33-22(2)29(35-30)31(37)39-20-23-12-6-4-7-13-23/h4-17,19,27H,3,18,20-21H2,1-2H3,(H,33,35)(H,34,38)/t27-/m1/s1. The number of carbonyl (C=O) groups excluding carboxylic acids is 2. The third-order valence-electron chi connectivity index (χ3n) is 6.78. The predicted octanol–water partition coefficient (Wildman–Crippen LogP) is 6.26. The number of amides is 1. The SMILES string of the molecule is CCn1cc(C[C@@H](NC(=O)OCc2ccccc2)c2nc(C(=O)OCc3ccccc3)c(C)[nH]2)c2ccccc21. The fourth-order valence-electron chi connectivity index (χ4n) is 4.73. The Hall–Kier alpha value is -4.85. The summed E-state index contributed by atoms with van der Waals surface area (Å²) in [5.74, 6) is -0.0778. The number of hydrogen-bond acceptors (Lipinski definition) is 5. The molecular weight excluding hydrogens is 504 g/mol. The van der Waals surface area contributed by atoms with Crippen LogP contribution in [0.5, 0.6) is 0 Å². The summed E-state index contributed by atoms with van der Waals surface area (Å²) >= 11 is 0. The molecule has 0 unspecified atom stereocenters. The highest BCUT2D eigenvalue weighted by molar-refractivity contribution is 5.88. The van der Waals surface area contributed by atoms with Crippen molar-refractivity contribution in [1.82, 2.24) is 19.9 Å². The molecule has 3 aromatic carbocycles. The molecule has 5 rings (SSSR count). The molecule has 1 amide bonds. The highest BCUT2D eigenvalue weighted by Gasteiger charge is 2.25. The Bertz CT molecular complexity index is 1590. The van der Waals surface area contributed by atoms with Crippen molar-refractivity contribution in [2.75, 3.05) is 0 Å². The van der Waals surface area contributed by atoms with Gasteiger partial charge in [0.05, 0.1) is 6.04 Å². The average Bonchev–Trinajstić information content (AvgIpc) is 3.56. The summed E-state index contributed by atoms with van der Waals surface area (Å²) in [6, 6.07) is 26.6. The number of imidazole rings is 1. The Kier molecular flexibility index (Phi) is 8.25. The lowest BCUT2D eigenvalue weighted by Gasteiger charge is -2.17. The third kappa shape index (κ3) is 6.23. The molecule has 0 saturated carbocycles. The van der Waals surface area contributed by atoms with Crippen molar-refractivity contribution in [3.63, 3.8) is 0 Å². The van der Waals surface area contributed by atoms with Gasteiger partial charge in [-0.25, -0.2) is 14.6 Å². The molecule has 5 aromatic rings. The molecular formula is C32H32N4O4. The van der Waals surface area contributed by atoms with Crippen LogP contribution in [-0.2, 0) is 35.7 Å².